The molecule has 0 atom stereocenters. The van der Waals surface area contributed by atoms with Crippen LogP contribution >= 0.6 is 22.9 Å². The van der Waals surface area contributed by atoms with Gasteiger partial charge in [-0.3, -0.25) is 19.7 Å². The molecule has 108 valence electrons. The standard InChI is InChI=1S/C12H8ClN3O4S/c13-10-8(16(19)20)5-9(21-10)12(18)15-7-3-1-6(2-4-7)11(14)17/h1-5H,(H2,14,17)(H,15,18). The minimum Gasteiger partial charge on any atom is -0.366 e. The van der Waals surface area contributed by atoms with Crippen molar-refractivity contribution < 1.29 is 14.5 Å². The lowest BCUT2D eigenvalue weighted by molar-refractivity contribution is -0.384. The molecule has 0 spiro atoms. The van der Waals surface area contributed by atoms with Crippen molar-refractivity contribution in [3.63, 3.8) is 0 Å². The predicted octanol–water partition coefficient (Wildman–Crippen LogP) is 2.66. The van der Waals surface area contributed by atoms with Gasteiger partial charge in [0.2, 0.25) is 5.91 Å². The fourth-order valence-corrected chi connectivity index (χ4v) is 2.62. The fourth-order valence-electron chi connectivity index (χ4n) is 1.51. The Bertz CT molecular complexity index is 727. The van der Waals surface area contributed by atoms with E-state index in [4.69, 9.17) is 17.3 Å². The molecule has 7 nitrogen and oxygen atoms in total. The van der Waals surface area contributed by atoms with Crippen molar-refractivity contribution in [3.8, 4) is 0 Å². The zero-order valence-corrected chi connectivity index (χ0v) is 11.9. The number of primary amides is 1. The van der Waals surface area contributed by atoms with Crippen LogP contribution in [0.5, 0.6) is 0 Å². The van der Waals surface area contributed by atoms with Gasteiger partial charge in [0.15, 0.2) is 4.34 Å². The number of nitrogens with one attached hydrogen (secondary N) is 1. The summed E-state index contributed by atoms with van der Waals surface area (Å²) in [5, 5.41) is 13.2. The Hall–Kier alpha value is -2.45. The first-order valence-corrected chi connectivity index (χ1v) is 6.73. The SMILES string of the molecule is NC(=O)c1ccc(NC(=O)c2cc([N+](=O)[O-])c(Cl)s2)cc1. The third kappa shape index (κ3) is 3.36. The lowest BCUT2D eigenvalue weighted by Gasteiger charge is -2.03. The molecular formula is C12H8ClN3O4S. The van der Waals surface area contributed by atoms with E-state index in [-0.39, 0.29) is 14.9 Å². The maximum absolute atomic E-state index is 11.9. The van der Waals surface area contributed by atoms with Crippen LogP contribution < -0.4 is 11.1 Å². The summed E-state index contributed by atoms with van der Waals surface area (Å²) < 4.78 is -0.0609. The fraction of sp³-hybridized carbons (Fsp3) is 0. The highest BCUT2D eigenvalue weighted by molar-refractivity contribution is 7.18. The Balaban J connectivity index is 2.16. The van der Waals surface area contributed by atoms with Crippen molar-refractivity contribution in [1.82, 2.24) is 0 Å². The largest absolute Gasteiger partial charge is 0.366 e. The molecule has 3 N–H and O–H groups in total. The molecule has 0 aliphatic heterocycles. The molecule has 2 rings (SSSR count). The van der Waals surface area contributed by atoms with E-state index in [9.17, 15) is 19.7 Å². The minimum atomic E-state index is -0.655. The molecule has 0 saturated carbocycles. The second-order valence-corrected chi connectivity index (χ2v) is 5.58. The van der Waals surface area contributed by atoms with E-state index < -0.39 is 16.7 Å². The van der Waals surface area contributed by atoms with Crippen LogP contribution in [0.3, 0.4) is 0 Å². The van der Waals surface area contributed by atoms with Crippen molar-refractivity contribution in [2.75, 3.05) is 5.32 Å². The van der Waals surface area contributed by atoms with Gasteiger partial charge >= 0.3 is 0 Å². The summed E-state index contributed by atoms with van der Waals surface area (Å²) in [6.07, 6.45) is 0. The van der Waals surface area contributed by atoms with Crippen LogP contribution in [0.2, 0.25) is 4.34 Å². The number of benzene rings is 1. The average Bonchev–Trinajstić information content (AvgIpc) is 2.81. The maximum Gasteiger partial charge on any atom is 0.299 e. The van der Waals surface area contributed by atoms with E-state index >= 15 is 0 Å². The zero-order valence-electron chi connectivity index (χ0n) is 10.3. The van der Waals surface area contributed by atoms with E-state index in [1.54, 1.807) is 0 Å². The molecular weight excluding hydrogens is 318 g/mol. The lowest BCUT2D eigenvalue weighted by atomic mass is 10.2. The molecule has 0 bridgehead atoms. The Kier molecular flexibility index (Phi) is 4.20. The number of amides is 2. The maximum atomic E-state index is 11.9. The first kappa shape index (κ1) is 14.9. The first-order valence-electron chi connectivity index (χ1n) is 5.53. The Morgan fingerprint density at radius 3 is 2.38 bits per heavy atom. The van der Waals surface area contributed by atoms with Crippen LogP contribution in [0.25, 0.3) is 0 Å². The van der Waals surface area contributed by atoms with E-state index in [2.05, 4.69) is 5.32 Å². The van der Waals surface area contributed by atoms with Gasteiger partial charge in [-0.2, -0.15) is 0 Å². The third-order valence-electron chi connectivity index (χ3n) is 2.52. The Labute approximate surface area is 127 Å². The summed E-state index contributed by atoms with van der Waals surface area (Å²) in [6, 6.07) is 7.03. The van der Waals surface area contributed by atoms with Crippen LogP contribution in [-0.4, -0.2) is 16.7 Å². The van der Waals surface area contributed by atoms with E-state index in [0.717, 1.165) is 17.4 Å². The average molecular weight is 326 g/mol. The van der Waals surface area contributed by atoms with Crippen molar-refractivity contribution in [3.05, 3.63) is 55.2 Å². The molecule has 9 heteroatoms. The number of carbonyl (C=O) groups excluding carboxylic acids is 2. The summed E-state index contributed by atoms with van der Waals surface area (Å²) in [4.78, 5) is 33.0. The number of nitrogens with two attached hydrogens (primary N) is 1. The monoisotopic (exact) mass is 325 g/mol. The summed E-state index contributed by atoms with van der Waals surface area (Å²) in [6.45, 7) is 0. The molecule has 1 heterocycles. The van der Waals surface area contributed by atoms with Gasteiger partial charge in [-0.1, -0.05) is 11.6 Å². The second kappa shape index (κ2) is 5.90. The number of halogens is 1. The second-order valence-electron chi connectivity index (χ2n) is 3.92. The van der Waals surface area contributed by atoms with Gasteiger partial charge < -0.3 is 11.1 Å². The lowest BCUT2D eigenvalue weighted by Crippen LogP contribution is -2.12. The number of carbonyl (C=O) groups is 2. The van der Waals surface area contributed by atoms with Crippen molar-refractivity contribution in [1.29, 1.82) is 0 Å². The van der Waals surface area contributed by atoms with E-state index in [1.807, 2.05) is 0 Å². The van der Waals surface area contributed by atoms with Crippen LogP contribution in [0, 0.1) is 10.1 Å². The molecule has 0 aliphatic carbocycles. The van der Waals surface area contributed by atoms with Gasteiger partial charge in [0.1, 0.15) is 4.88 Å². The number of hydrogen-bond acceptors (Lipinski definition) is 5. The van der Waals surface area contributed by atoms with Crippen LogP contribution in [0.15, 0.2) is 30.3 Å². The van der Waals surface area contributed by atoms with Crippen molar-refractivity contribution in [2.24, 2.45) is 5.73 Å². The highest BCUT2D eigenvalue weighted by Crippen LogP contribution is 2.34. The van der Waals surface area contributed by atoms with Gasteiger partial charge in [-0.15, -0.1) is 11.3 Å². The number of rotatable bonds is 4. The van der Waals surface area contributed by atoms with Gasteiger partial charge in [0, 0.05) is 17.3 Å². The normalized spacial score (nSPS) is 10.1. The summed E-state index contributed by atoms with van der Waals surface area (Å²) in [5.41, 5.74) is 5.53. The molecule has 2 amide bonds. The Morgan fingerprint density at radius 2 is 1.90 bits per heavy atom. The minimum absolute atomic E-state index is 0.0609. The van der Waals surface area contributed by atoms with Crippen molar-refractivity contribution >= 4 is 46.1 Å². The molecule has 0 unspecified atom stereocenters. The first-order chi connectivity index (χ1) is 9.88. The van der Waals surface area contributed by atoms with Crippen LogP contribution in [0.1, 0.15) is 20.0 Å². The number of nitro groups is 1. The van der Waals surface area contributed by atoms with Gasteiger partial charge in [-0.25, -0.2) is 0 Å². The molecule has 0 radical (unpaired) electrons. The molecule has 21 heavy (non-hydrogen) atoms. The molecule has 0 fully saturated rings. The number of anilines is 1. The van der Waals surface area contributed by atoms with Gasteiger partial charge in [-0.05, 0) is 24.3 Å². The summed E-state index contributed by atoms with van der Waals surface area (Å²) >= 11 is 6.50. The number of nitrogens with zero attached hydrogens (tertiary/aromatic N) is 1. The topological polar surface area (TPSA) is 115 Å². The van der Waals surface area contributed by atoms with Crippen molar-refractivity contribution in [2.45, 2.75) is 0 Å². The molecule has 0 saturated heterocycles. The molecule has 1 aromatic carbocycles. The third-order valence-corrected chi connectivity index (χ3v) is 3.85. The van der Waals surface area contributed by atoms with Crippen LogP contribution in [0.4, 0.5) is 11.4 Å². The van der Waals surface area contributed by atoms with E-state index in [1.165, 1.54) is 24.3 Å². The highest BCUT2D eigenvalue weighted by atomic mass is 35.5. The molecule has 1 aromatic heterocycles. The number of hydrogen-bond donors (Lipinski definition) is 2. The number of thiophene rings is 1. The van der Waals surface area contributed by atoms with Gasteiger partial charge in [0.05, 0.1) is 4.92 Å². The molecule has 2 aromatic rings. The van der Waals surface area contributed by atoms with E-state index in [0.29, 0.717) is 11.3 Å². The van der Waals surface area contributed by atoms with Gasteiger partial charge in [0.25, 0.3) is 11.6 Å². The smallest absolute Gasteiger partial charge is 0.299 e. The Morgan fingerprint density at radius 1 is 1.29 bits per heavy atom. The summed E-state index contributed by atoms with van der Waals surface area (Å²) in [5.74, 6) is -1.10. The highest BCUT2D eigenvalue weighted by Gasteiger charge is 2.21. The summed E-state index contributed by atoms with van der Waals surface area (Å²) in [7, 11) is 0. The zero-order chi connectivity index (χ0) is 15.6. The van der Waals surface area contributed by atoms with Crippen LogP contribution in [-0.2, 0) is 0 Å². The predicted molar refractivity (Wildman–Crippen MR) is 78.9 cm³/mol. The quantitative estimate of drug-likeness (QED) is 0.664. The molecule has 0 aliphatic rings.